The number of carbonyl (C=O) groups excluding carboxylic acids is 1. The van der Waals surface area contributed by atoms with Crippen LogP contribution in [0.4, 0.5) is 8.78 Å². The van der Waals surface area contributed by atoms with E-state index >= 15 is 0 Å². The van der Waals surface area contributed by atoms with E-state index in [-0.39, 0.29) is 0 Å². The van der Waals surface area contributed by atoms with Crippen LogP contribution >= 0.6 is 11.6 Å². The van der Waals surface area contributed by atoms with E-state index in [1.807, 2.05) is 4.98 Å². The summed E-state index contributed by atoms with van der Waals surface area (Å²) in [4.78, 5) is 23.7. The zero-order valence-corrected chi connectivity index (χ0v) is 7.81. The molecule has 0 unspecified atom stereocenters. The van der Waals surface area contributed by atoms with Crippen LogP contribution in [0.15, 0.2) is 11.0 Å². The molecule has 7 heteroatoms. The molecule has 1 heterocycles. The molecule has 0 aromatic carbocycles. The van der Waals surface area contributed by atoms with Gasteiger partial charge in [0.25, 0.3) is 17.2 Å². The van der Waals surface area contributed by atoms with Gasteiger partial charge in [-0.1, -0.05) is 0 Å². The molecule has 0 radical (unpaired) electrons. The third-order valence-corrected chi connectivity index (χ3v) is 1.86. The molecule has 4 nitrogen and oxygen atoms in total. The van der Waals surface area contributed by atoms with Crippen molar-refractivity contribution in [3.63, 3.8) is 0 Å². The van der Waals surface area contributed by atoms with Gasteiger partial charge in [-0.25, -0.2) is 8.78 Å². The van der Waals surface area contributed by atoms with Gasteiger partial charge < -0.3 is 4.98 Å². The van der Waals surface area contributed by atoms with Crippen molar-refractivity contribution in [2.75, 3.05) is 0 Å². The number of pyridine rings is 1. The Hall–Kier alpha value is -1.74. The van der Waals surface area contributed by atoms with Crippen LogP contribution in [-0.4, -0.2) is 10.2 Å². The lowest BCUT2D eigenvalue weighted by Gasteiger charge is -2.03. The number of hydrogen-bond donors (Lipinski definition) is 1. The number of nitrogens with zero attached hydrogens (tertiary/aromatic N) is 1. The molecule has 0 bridgehead atoms. The molecular formula is C8H3ClF2N2O2. The zero-order valence-electron chi connectivity index (χ0n) is 7.05. The first-order valence-corrected chi connectivity index (χ1v) is 4.00. The van der Waals surface area contributed by atoms with Crippen LogP contribution in [0.2, 0.25) is 0 Å². The molecule has 1 aromatic rings. The molecule has 1 rings (SSSR count). The highest BCUT2D eigenvalue weighted by Gasteiger charge is 2.22. The summed E-state index contributed by atoms with van der Waals surface area (Å²) in [5.41, 5.74) is -3.12. The highest BCUT2D eigenvalue weighted by molar-refractivity contribution is 6.67. The number of rotatable bonds is 2. The molecule has 0 saturated heterocycles. The highest BCUT2D eigenvalue weighted by Crippen LogP contribution is 2.22. The van der Waals surface area contributed by atoms with Gasteiger partial charge in [0.2, 0.25) is 0 Å². The first-order valence-electron chi connectivity index (χ1n) is 3.62. The van der Waals surface area contributed by atoms with E-state index in [4.69, 9.17) is 16.9 Å². The minimum Gasteiger partial charge on any atom is -0.328 e. The molecule has 1 aromatic heterocycles. The van der Waals surface area contributed by atoms with Crippen molar-refractivity contribution < 1.29 is 13.6 Å². The van der Waals surface area contributed by atoms with E-state index in [2.05, 4.69) is 0 Å². The Morgan fingerprint density at radius 3 is 2.60 bits per heavy atom. The van der Waals surface area contributed by atoms with Crippen molar-refractivity contribution in [2.24, 2.45) is 0 Å². The van der Waals surface area contributed by atoms with Gasteiger partial charge in [-0.15, -0.1) is 0 Å². The summed E-state index contributed by atoms with van der Waals surface area (Å²) in [6, 6.07) is 1.36. The molecular weight excluding hydrogens is 230 g/mol. The smallest absolute Gasteiger partial charge is 0.266 e. The molecule has 0 saturated carbocycles. The lowest BCUT2D eigenvalue weighted by Crippen LogP contribution is -2.18. The Bertz CT molecular complexity index is 504. The Morgan fingerprint density at radius 2 is 2.20 bits per heavy atom. The second kappa shape index (κ2) is 4.19. The molecule has 78 valence electrons. The van der Waals surface area contributed by atoms with Crippen LogP contribution in [0.25, 0.3) is 0 Å². The lowest BCUT2D eigenvalue weighted by molar-refractivity contribution is 0.107. The summed E-state index contributed by atoms with van der Waals surface area (Å²) in [6.07, 6.45) is -2.28. The number of H-pyrrole nitrogens is 1. The van der Waals surface area contributed by atoms with Crippen LogP contribution < -0.4 is 5.56 Å². The number of aromatic amines is 1. The second-order valence-electron chi connectivity index (χ2n) is 2.51. The zero-order chi connectivity index (χ0) is 11.6. The largest absolute Gasteiger partial charge is 0.328 e. The van der Waals surface area contributed by atoms with Gasteiger partial charge in [0.15, 0.2) is 0 Å². The number of hydrogen-bond acceptors (Lipinski definition) is 3. The van der Waals surface area contributed by atoms with Crippen molar-refractivity contribution in [3.05, 3.63) is 33.2 Å². The fourth-order valence-electron chi connectivity index (χ4n) is 1.03. The first kappa shape index (κ1) is 11.3. The number of halogens is 3. The van der Waals surface area contributed by atoms with E-state index < -0.39 is 33.9 Å². The maximum atomic E-state index is 12.4. The molecule has 0 spiro atoms. The van der Waals surface area contributed by atoms with Crippen LogP contribution in [0.3, 0.4) is 0 Å². The van der Waals surface area contributed by atoms with E-state index in [9.17, 15) is 18.4 Å². The van der Waals surface area contributed by atoms with Gasteiger partial charge in [0.1, 0.15) is 11.6 Å². The summed E-state index contributed by atoms with van der Waals surface area (Å²) >= 11 is 5.01. The number of aromatic nitrogens is 1. The summed E-state index contributed by atoms with van der Waals surface area (Å²) in [6.45, 7) is 0. The van der Waals surface area contributed by atoms with E-state index in [0.29, 0.717) is 6.20 Å². The molecule has 0 fully saturated rings. The topological polar surface area (TPSA) is 73.7 Å². The molecule has 0 aliphatic carbocycles. The SMILES string of the molecule is N#Cc1c(C(F)F)c[nH]c(=O)c1C(=O)Cl. The molecule has 0 atom stereocenters. The van der Waals surface area contributed by atoms with Crippen molar-refractivity contribution in [2.45, 2.75) is 6.43 Å². The predicted octanol–water partition coefficient (Wildman–Crippen LogP) is 1.56. The Labute approximate surface area is 87.1 Å². The fourth-order valence-corrected chi connectivity index (χ4v) is 1.21. The van der Waals surface area contributed by atoms with Gasteiger partial charge >= 0.3 is 0 Å². The van der Waals surface area contributed by atoms with Gasteiger partial charge in [-0.05, 0) is 11.6 Å². The van der Waals surface area contributed by atoms with Crippen molar-refractivity contribution in [1.29, 1.82) is 5.26 Å². The number of nitriles is 1. The van der Waals surface area contributed by atoms with Gasteiger partial charge in [0.05, 0.1) is 11.1 Å². The summed E-state index contributed by atoms with van der Waals surface area (Å²) < 4.78 is 24.7. The summed E-state index contributed by atoms with van der Waals surface area (Å²) in [7, 11) is 0. The van der Waals surface area contributed by atoms with Crippen LogP contribution in [0.5, 0.6) is 0 Å². The molecule has 15 heavy (non-hydrogen) atoms. The van der Waals surface area contributed by atoms with Gasteiger partial charge in [-0.2, -0.15) is 5.26 Å². The quantitative estimate of drug-likeness (QED) is 0.787. The minimum absolute atomic E-state index is 0.686. The minimum atomic E-state index is -2.97. The summed E-state index contributed by atoms with van der Waals surface area (Å²) in [5.74, 6) is 0. The summed E-state index contributed by atoms with van der Waals surface area (Å²) in [5, 5.41) is 7.33. The average Bonchev–Trinajstić information content (AvgIpc) is 2.15. The maximum absolute atomic E-state index is 12.4. The monoisotopic (exact) mass is 232 g/mol. The number of carbonyl (C=O) groups is 1. The average molecular weight is 233 g/mol. The van der Waals surface area contributed by atoms with Crippen molar-refractivity contribution in [3.8, 4) is 6.07 Å². The van der Waals surface area contributed by atoms with Gasteiger partial charge in [0, 0.05) is 6.20 Å². The normalized spacial score (nSPS) is 10.1. The van der Waals surface area contributed by atoms with Crippen molar-refractivity contribution >= 4 is 16.8 Å². The number of nitrogens with one attached hydrogen (secondary N) is 1. The lowest BCUT2D eigenvalue weighted by atomic mass is 10.1. The highest BCUT2D eigenvalue weighted by atomic mass is 35.5. The van der Waals surface area contributed by atoms with E-state index in [1.165, 1.54) is 6.07 Å². The third-order valence-electron chi connectivity index (χ3n) is 1.67. The Balaban J connectivity index is 3.64. The van der Waals surface area contributed by atoms with Crippen molar-refractivity contribution in [1.82, 2.24) is 4.98 Å². The molecule has 1 N–H and O–H groups in total. The van der Waals surface area contributed by atoms with E-state index in [1.54, 1.807) is 0 Å². The third kappa shape index (κ3) is 2.02. The Kier molecular flexibility index (Phi) is 3.17. The predicted molar refractivity (Wildman–Crippen MR) is 46.9 cm³/mol. The van der Waals surface area contributed by atoms with Crippen LogP contribution in [-0.2, 0) is 0 Å². The molecule has 0 aliphatic rings. The van der Waals surface area contributed by atoms with Crippen LogP contribution in [0.1, 0.15) is 27.9 Å². The molecule has 0 amide bonds. The number of alkyl halides is 2. The first-order chi connectivity index (χ1) is 6.99. The fraction of sp³-hybridized carbons (Fsp3) is 0.125. The standard InChI is InChI=1S/C8H3ClF2N2O2/c9-6(14)5-3(1-12)4(7(10)11)2-13-8(5)15/h2,7H,(H,13,15). The van der Waals surface area contributed by atoms with E-state index in [0.717, 1.165) is 0 Å². The Morgan fingerprint density at radius 1 is 1.60 bits per heavy atom. The van der Waals surface area contributed by atoms with Gasteiger partial charge in [-0.3, -0.25) is 9.59 Å². The molecule has 0 aliphatic heterocycles. The van der Waals surface area contributed by atoms with Crippen LogP contribution in [0, 0.1) is 11.3 Å². The maximum Gasteiger partial charge on any atom is 0.266 e. The second-order valence-corrected chi connectivity index (χ2v) is 2.85.